The average molecular weight is 324 g/mol. The molecule has 0 saturated heterocycles. The first-order chi connectivity index (χ1) is 11.4. The van der Waals surface area contributed by atoms with Crippen LogP contribution in [0.25, 0.3) is 0 Å². The van der Waals surface area contributed by atoms with Crippen LogP contribution in [0.3, 0.4) is 0 Å². The highest BCUT2D eigenvalue weighted by Crippen LogP contribution is 2.22. The van der Waals surface area contributed by atoms with Gasteiger partial charge >= 0.3 is 0 Å². The predicted molar refractivity (Wildman–Crippen MR) is 99.4 cm³/mol. The summed E-state index contributed by atoms with van der Waals surface area (Å²) in [7, 11) is 0. The third-order valence-corrected chi connectivity index (χ3v) is 4.12. The van der Waals surface area contributed by atoms with Crippen LogP contribution in [0, 0.1) is 0 Å². The molecule has 2 aromatic rings. The molecule has 24 heavy (non-hydrogen) atoms. The molecule has 0 aromatic heterocycles. The van der Waals surface area contributed by atoms with Crippen molar-refractivity contribution in [2.75, 3.05) is 13.2 Å². The summed E-state index contributed by atoms with van der Waals surface area (Å²) < 4.78 is 5.59. The maximum atomic E-state index is 12.0. The van der Waals surface area contributed by atoms with Crippen LogP contribution in [0.15, 0.2) is 54.6 Å². The molecule has 0 aliphatic carbocycles. The Bertz CT molecular complexity index is 621. The summed E-state index contributed by atoms with van der Waals surface area (Å²) in [6.45, 7) is 7.75. The quantitative estimate of drug-likeness (QED) is 0.655. The van der Waals surface area contributed by atoms with Crippen LogP contribution < -0.4 is 0 Å². The molecule has 0 aliphatic heterocycles. The largest absolute Gasteiger partial charge is 0.381 e. The number of carbonyl (C=O) groups excluding carboxylic acids is 1. The maximum absolute atomic E-state index is 12.0. The van der Waals surface area contributed by atoms with E-state index < -0.39 is 0 Å². The first kappa shape index (κ1) is 18.4. The van der Waals surface area contributed by atoms with Crippen molar-refractivity contribution in [3.05, 3.63) is 71.3 Å². The Hall–Kier alpha value is -1.93. The van der Waals surface area contributed by atoms with Gasteiger partial charge in [0, 0.05) is 12.8 Å². The fourth-order valence-electron chi connectivity index (χ4n) is 2.56. The molecule has 0 bridgehead atoms. The topological polar surface area (TPSA) is 26.3 Å². The standard InChI is InChI=1S/C22H28O2/c1-22(2,3)20-11-9-19(10-12-20)17-21(23)14-16-24-15-13-18-7-5-4-6-8-18/h4-12H,13-17H2,1-3H3. The SMILES string of the molecule is CC(C)(C)c1ccc(CC(=O)CCOCCc2ccccc2)cc1. The molecule has 2 nitrogen and oxygen atoms in total. The van der Waals surface area contributed by atoms with Crippen LogP contribution in [0.2, 0.25) is 0 Å². The summed E-state index contributed by atoms with van der Waals surface area (Å²) in [5.41, 5.74) is 3.79. The van der Waals surface area contributed by atoms with Gasteiger partial charge in [0.25, 0.3) is 0 Å². The van der Waals surface area contributed by atoms with E-state index in [1.807, 2.05) is 18.2 Å². The second-order valence-corrected chi connectivity index (χ2v) is 7.26. The van der Waals surface area contributed by atoms with Gasteiger partial charge in [0.05, 0.1) is 13.2 Å². The van der Waals surface area contributed by atoms with E-state index in [-0.39, 0.29) is 11.2 Å². The Morgan fingerprint density at radius 1 is 0.875 bits per heavy atom. The number of benzene rings is 2. The highest BCUT2D eigenvalue weighted by atomic mass is 16.5. The van der Waals surface area contributed by atoms with Crippen molar-refractivity contribution in [2.24, 2.45) is 0 Å². The highest BCUT2D eigenvalue weighted by Gasteiger charge is 2.13. The van der Waals surface area contributed by atoms with Crippen LogP contribution in [0.5, 0.6) is 0 Å². The summed E-state index contributed by atoms with van der Waals surface area (Å²) >= 11 is 0. The lowest BCUT2D eigenvalue weighted by Gasteiger charge is -2.19. The van der Waals surface area contributed by atoms with E-state index in [1.54, 1.807) is 0 Å². The van der Waals surface area contributed by atoms with Gasteiger partial charge in [-0.05, 0) is 28.5 Å². The minimum atomic E-state index is 0.148. The Morgan fingerprint density at radius 2 is 1.54 bits per heavy atom. The molecule has 128 valence electrons. The first-order valence-electron chi connectivity index (χ1n) is 8.68. The van der Waals surface area contributed by atoms with Gasteiger partial charge in [-0.1, -0.05) is 75.4 Å². The number of hydrogen-bond donors (Lipinski definition) is 0. The normalized spacial score (nSPS) is 11.5. The fourth-order valence-corrected chi connectivity index (χ4v) is 2.56. The zero-order chi connectivity index (χ0) is 17.4. The second-order valence-electron chi connectivity index (χ2n) is 7.26. The van der Waals surface area contributed by atoms with E-state index >= 15 is 0 Å². The van der Waals surface area contributed by atoms with Gasteiger partial charge in [0.1, 0.15) is 5.78 Å². The van der Waals surface area contributed by atoms with E-state index in [1.165, 1.54) is 11.1 Å². The smallest absolute Gasteiger partial charge is 0.139 e. The maximum Gasteiger partial charge on any atom is 0.139 e. The Morgan fingerprint density at radius 3 is 2.17 bits per heavy atom. The third kappa shape index (κ3) is 6.29. The lowest BCUT2D eigenvalue weighted by atomic mass is 9.86. The molecule has 0 N–H and O–H groups in total. The Balaban J connectivity index is 1.66. The molecule has 2 aromatic carbocycles. The molecule has 0 spiro atoms. The molecule has 0 heterocycles. The van der Waals surface area contributed by atoms with E-state index in [0.29, 0.717) is 26.1 Å². The fraction of sp³-hybridized carbons (Fsp3) is 0.409. The summed E-state index contributed by atoms with van der Waals surface area (Å²) in [4.78, 5) is 12.0. The summed E-state index contributed by atoms with van der Waals surface area (Å²) in [5.74, 6) is 0.234. The van der Waals surface area contributed by atoms with Gasteiger partial charge in [0.15, 0.2) is 0 Å². The van der Waals surface area contributed by atoms with Crippen LogP contribution >= 0.6 is 0 Å². The van der Waals surface area contributed by atoms with Crippen molar-refractivity contribution in [3.8, 4) is 0 Å². The second kappa shape index (κ2) is 8.79. The highest BCUT2D eigenvalue weighted by molar-refractivity contribution is 5.80. The van der Waals surface area contributed by atoms with Crippen molar-refractivity contribution >= 4 is 5.78 Å². The molecule has 0 fully saturated rings. The molecular weight excluding hydrogens is 296 g/mol. The van der Waals surface area contributed by atoms with E-state index in [0.717, 1.165) is 12.0 Å². The van der Waals surface area contributed by atoms with Crippen molar-refractivity contribution in [1.82, 2.24) is 0 Å². The Kier molecular flexibility index (Phi) is 6.74. The van der Waals surface area contributed by atoms with Crippen LogP contribution in [-0.2, 0) is 27.8 Å². The van der Waals surface area contributed by atoms with Gasteiger partial charge in [-0.25, -0.2) is 0 Å². The van der Waals surface area contributed by atoms with Crippen molar-refractivity contribution in [2.45, 2.75) is 45.4 Å². The summed E-state index contributed by atoms with van der Waals surface area (Å²) in [6.07, 6.45) is 1.87. The van der Waals surface area contributed by atoms with E-state index in [9.17, 15) is 4.79 Å². The summed E-state index contributed by atoms with van der Waals surface area (Å²) in [6, 6.07) is 18.6. The van der Waals surface area contributed by atoms with Crippen molar-refractivity contribution in [3.63, 3.8) is 0 Å². The molecule has 0 atom stereocenters. The van der Waals surface area contributed by atoms with Crippen molar-refractivity contribution in [1.29, 1.82) is 0 Å². The average Bonchev–Trinajstić information content (AvgIpc) is 2.55. The first-order valence-corrected chi connectivity index (χ1v) is 8.68. The van der Waals surface area contributed by atoms with Crippen molar-refractivity contribution < 1.29 is 9.53 Å². The molecule has 0 amide bonds. The summed E-state index contributed by atoms with van der Waals surface area (Å²) in [5, 5.41) is 0. The number of hydrogen-bond acceptors (Lipinski definition) is 2. The van der Waals surface area contributed by atoms with Gasteiger partial charge in [-0.15, -0.1) is 0 Å². The van der Waals surface area contributed by atoms with E-state index in [2.05, 4.69) is 57.2 Å². The molecule has 0 unspecified atom stereocenters. The van der Waals surface area contributed by atoms with Crippen LogP contribution in [-0.4, -0.2) is 19.0 Å². The number of ether oxygens (including phenoxy) is 1. The molecule has 0 saturated carbocycles. The monoisotopic (exact) mass is 324 g/mol. The molecule has 0 radical (unpaired) electrons. The number of Topliss-reactive ketones (excluding diaryl/α,β-unsaturated/α-hetero) is 1. The molecule has 2 heteroatoms. The number of ketones is 1. The zero-order valence-electron chi connectivity index (χ0n) is 15.0. The molecule has 0 aliphatic rings. The molecular formula is C22H28O2. The minimum absolute atomic E-state index is 0.148. The van der Waals surface area contributed by atoms with Gasteiger partial charge in [-0.2, -0.15) is 0 Å². The Labute approximate surface area is 145 Å². The van der Waals surface area contributed by atoms with Crippen LogP contribution in [0.1, 0.15) is 43.9 Å². The predicted octanol–water partition coefficient (Wildman–Crippen LogP) is 4.75. The third-order valence-electron chi connectivity index (χ3n) is 4.12. The lowest BCUT2D eigenvalue weighted by molar-refractivity contribution is -0.119. The van der Waals surface area contributed by atoms with Crippen LogP contribution in [0.4, 0.5) is 0 Å². The van der Waals surface area contributed by atoms with Gasteiger partial charge in [-0.3, -0.25) is 4.79 Å². The number of carbonyl (C=O) groups is 1. The van der Waals surface area contributed by atoms with Gasteiger partial charge in [0.2, 0.25) is 0 Å². The number of rotatable bonds is 8. The lowest BCUT2D eigenvalue weighted by Crippen LogP contribution is -2.11. The van der Waals surface area contributed by atoms with E-state index in [4.69, 9.17) is 4.74 Å². The minimum Gasteiger partial charge on any atom is -0.381 e. The van der Waals surface area contributed by atoms with Gasteiger partial charge < -0.3 is 4.74 Å². The molecule has 2 rings (SSSR count). The zero-order valence-corrected chi connectivity index (χ0v) is 15.0.